The second-order valence-corrected chi connectivity index (χ2v) is 10.9. The second kappa shape index (κ2) is 11.8. The quantitative estimate of drug-likeness (QED) is 0.422. The Morgan fingerprint density at radius 2 is 1.61 bits per heavy atom. The van der Waals surface area contributed by atoms with E-state index in [4.69, 9.17) is 23.2 Å². The molecule has 0 unspecified atom stereocenters. The van der Waals surface area contributed by atoms with E-state index in [1.165, 1.54) is 24.1 Å². The van der Waals surface area contributed by atoms with Crippen LogP contribution in [0, 0.1) is 6.92 Å². The highest BCUT2D eigenvalue weighted by atomic mass is 35.5. The number of rotatable bonds is 9. The molecular weight excluding hydrogens is 521 g/mol. The van der Waals surface area contributed by atoms with Crippen molar-refractivity contribution < 1.29 is 18.0 Å². The SMILES string of the molecule is CNC(=O)[C@@H](C)N(Cc1ccc(Cl)cc1Cl)C(=O)CN(c1ccc(C)cc1)S(=O)(=O)c1ccccc1. The third-order valence-electron chi connectivity index (χ3n) is 5.70. The van der Waals surface area contributed by atoms with E-state index in [0.29, 0.717) is 21.3 Å². The molecule has 3 rings (SSSR count). The van der Waals surface area contributed by atoms with Crippen LogP contribution in [0.1, 0.15) is 18.1 Å². The van der Waals surface area contributed by atoms with Gasteiger partial charge in [-0.15, -0.1) is 0 Å². The average molecular weight is 548 g/mol. The minimum absolute atomic E-state index is 0.0173. The molecule has 0 fully saturated rings. The van der Waals surface area contributed by atoms with Gasteiger partial charge < -0.3 is 10.2 Å². The van der Waals surface area contributed by atoms with Gasteiger partial charge in [0.15, 0.2) is 0 Å². The molecule has 1 N–H and O–H groups in total. The number of nitrogens with one attached hydrogen (secondary N) is 1. The fourth-order valence-electron chi connectivity index (χ4n) is 3.58. The van der Waals surface area contributed by atoms with Gasteiger partial charge in [0.1, 0.15) is 12.6 Å². The van der Waals surface area contributed by atoms with Crippen LogP contribution in [0.5, 0.6) is 0 Å². The van der Waals surface area contributed by atoms with Crippen molar-refractivity contribution in [3.63, 3.8) is 0 Å². The molecule has 10 heteroatoms. The zero-order valence-corrected chi connectivity index (χ0v) is 22.4. The maximum atomic E-state index is 13.7. The first-order chi connectivity index (χ1) is 17.0. The molecule has 2 amide bonds. The number of anilines is 1. The number of amides is 2. The summed E-state index contributed by atoms with van der Waals surface area (Å²) in [5.41, 5.74) is 1.84. The number of likely N-dealkylation sites (N-methyl/N-ethyl adjacent to an activating group) is 1. The highest BCUT2D eigenvalue weighted by Gasteiger charge is 2.32. The Balaban J connectivity index is 2.03. The molecule has 0 radical (unpaired) electrons. The molecule has 0 saturated carbocycles. The molecule has 1 atom stereocenters. The fourth-order valence-corrected chi connectivity index (χ4v) is 5.49. The lowest BCUT2D eigenvalue weighted by atomic mass is 10.1. The number of aryl methyl sites for hydroxylation is 1. The van der Waals surface area contributed by atoms with Crippen molar-refractivity contribution >= 4 is 50.7 Å². The number of nitrogens with zero attached hydrogens (tertiary/aromatic N) is 2. The summed E-state index contributed by atoms with van der Waals surface area (Å²) in [5.74, 6) is -0.974. The van der Waals surface area contributed by atoms with Crippen LogP contribution in [0.25, 0.3) is 0 Å². The zero-order chi connectivity index (χ0) is 26.5. The first-order valence-corrected chi connectivity index (χ1v) is 13.3. The van der Waals surface area contributed by atoms with Crippen LogP contribution in [0.2, 0.25) is 10.0 Å². The highest BCUT2D eigenvalue weighted by Crippen LogP contribution is 2.26. The largest absolute Gasteiger partial charge is 0.357 e. The fraction of sp³-hybridized carbons (Fsp3) is 0.231. The van der Waals surface area contributed by atoms with Crippen molar-refractivity contribution in [2.24, 2.45) is 0 Å². The summed E-state index contributed by atoms with van der Waals surface area (Å²) in [6.07, 6.45) is 0. The van der Waals surface area contributed by atoms with E-state index >= 15 is 0 Å². The lowest BCUT2D eigenvalue weighted by molar-refractivity contribution is -0.139. The van der Waals surface area contributed by atoms with Gasteiger partial charge in [0.25, 0.3) is 10.0 Å². The summed E-state index contributed by atoms with van der Waals surface area (Å²) < 4.78 is 28.3. The summed E-state index contributed by atoms with van der Waals surface area (Å²) in [5, 5.41) is 3.30. The standard InChI is InChI=1S/C26H27Cl2N3O4S/c1-18-9-13-22(14-10-18)31(36(34,35)23-7-5-4-6-8-23)17-25(32)30(19(2)26(33)29-3)16-20-11-12-21(27)15-24(20)28/h4-15,19H,16-17H2,1-3H3,(H,29,33)/t19-/m1/s1. The van der Waals surface area contributed by atoms with Crippen LogP contribution in [-0.2, 0) is 26.2 Å². The summed E-state index contributed by atoms with van der Waals surface area (Å²) >= 11 is 12.3. The van der Waals surface area contributed by atoms with Gasteiger partial charge in [0.2, 0.25) is 11.8 Å². The summed E-state index contributed by atoms with van der Waals surface area (Å²) in [7, 11) is -2.62. The Morgan fingerprint density at radius 3 is 2.19 bits per heavy atom. The Labute approximate surface area is 221 Å². The van der Waals surface area contributed by atoms with Gasteiger partial charge >= 0.3 is 0 Å². The zero-order valence-electron chi connectivity index (χ0n) is 20.1. The van der Waals surface area contributed by atoms with Gasteiger partial charge in [-0.05, 0) is 55.8 Å². The van der Waals surface area contributed by atoms with Crippen LogP contribution in [-0.4, -0.2) is 44.8 Å². The van der Waals surface area contributed by atoms with Gasteiger partial charge in [-0.3, -0.25) is 13.9 Å². The van der Waals surface area contributed by atoms with Crippen molar-refractivity contribution in [1.29, 1.82) is 0 Å². The first kappa shape index (κ1) is 27.5. The number of hydrogen-bond donors (Lipinski definition) is 1. The van der Waals surface area contributed by atoms with E-state index in [1.807, 2.05) is 6.92 Å². The van der Waals surface area contributed by atoms with E-state index < -0.39 is 34.4 Å². The molecular formula is C26H27Cl2N3O4S. The minimum Gasteiger partial charge on any atom is -0.357 e. The number of carbonyl (C=O) groups excluding carboxylic acids is 2. The van der Waals surface area contributed by atoms with Crippen molar-refractivity contribution in [3.05, 3.63) is 94.0 Å². The van der Waals surface area contributed by atoms with Gasteiger partial charge in [-0.25, -0.2) is 8.42 Å². The van der Waals surface area contributed by atoms with Crippen LogP contribution in [0.3, 0.4) is 0 Å². The van der Waals surface area contributed by atoms with Crippen LogP contribution in [0.4, 0.5) is 5.69 Å². The number of halogens is 2. The molecule has 7 nitrogen and oxygen atoms in total. The monoisotopic (exact) mass is 547 g/mol. The predicted octanol–water partition coefficient (Wildman–Crippen LogP) is 4.66. The van der Waals surface area contributed by atoms with Crippen LogP contribution >= 0.6 is 23.2 Å². The molecule has 3 aromatic rings. The molecule has 0 bridgehead atoms. The Kier molecular flexibility index (Phi) is 9.00. The van der Waals surface area contributed by atoms with Crippen molar-refractivity contribution in [1.82, 2.24) is 10.2 Å². The van der Waals surface area contributed by atoms with E-state index in [1.54, 1.807) is 67.6 Å². The van der Waals surface area contributed by atoms with Gasteiger partial charge in [-0.2, -0.15) is 0 Å². The Bertz CT molecular complexity index is 1330. The van der Waals surface area contributed by atoms with Gasteiger partial charge in [0.05, 0.1) is 10.6 Å². The van der Waals surface area contributed by atoms with Crippen molar-refractivity contribution in [3.8, 4) is 0 Å². The molecule has 0 aliphatic carbocycles. The molecule has 3 aromatic carbocycles. The smallest absolute Gasteiger partial charge is 0.264 e. The summed E-state index contributed by atoms with van der Waals surface area (Å²) in [6, 6.07) is 18.7. The van der Waals surface area contributed by atoms with Crippen molar-refractivity contribution in [2.75, 3.05) is 17.9 Å². The number of benzene rings is 3. The van der Waals surface area contributed by atoms with Crippen LogP contribution < -0.4 is 9.62 Å². The maximum Gasteiger partial charge on any atom is 0.264 e. The highest BCUT2D eigenvalue weighted by molar-refractivity contribution is 7.92. The molecule has 0 aliphatic heterocycles. The lowest BCUT2D eigenvalue weighted by Crippen LogP contribution is -2.50. The average Bonchev–Trinajstić information content (AvgIpc) is 2.87. The Morgan fingerprint density at radius 1 is 0.972 bits per heavy atom. The second-order valence-electron chi connectivity index (χ2n) is 8.21. The van der Waals surface area contributed by atoms with Crippen LogP contribution in [0.15, 0.2) is 77.7 Å². The number of hydrogen-bond acceptors (Lipinski definition) is 4. The summed E-state index contributed by atoms with van der Waals surface area (Å²) in [6.45, 7) is 2.92. The molecule has 0 heterocycles. The minimum atomic E-state index is -4.09. The third kappa shape index (κ3) is 6.37. The summed E-state index contributed by atoms with van der Waals surface area (Å²) in [4.78, 5) is 27.5. The molecule has 190 valence electrons. The molecule has 0 aliphatic rings. The molecule has 0 spiro atoms. The lowest BCUT2D eigenvalue weighted by Gasteiger charge is -2.32. The normalized spacial score (nSPS) is 12.0. The predicted molar refractivity (Wildman–Crippen MR) is 143 cm³/mol. The van der Waals surface area contributed by atoms with E-state index in [2.05, 4.69) is 5.32 Å². The van der Waals surface area contributed by atoms with Gasteiger partial charge in [0, 0.05) is 23.6 Å². The van der Waals surface area contributed by atoms with Crippen molar-refractivity contribution in [2.45, 2.75) is 31.3 Å². The molecule has 0 aromatic heterocycles. The van der Waals surface area contributed by atoms with Gasteiger partial charge in [-0.1, -0.05) is 65.2 Å². The first-order valence-electron chi connectivity index (χ1n) is 11.1. The van der Waals surface area contributed by atoms with E-state index in [9.17, 15) is 18.0 Å². The Hall–Kier alpha value is -3.07. The topological polar surface area (TPSA) is 86.8 Å². The molecule has 0 saturated heterocycles. The van der Waals surface area contributed by atoms with E-state index in [-0.39, 0.29) is 11.4 Å². The number of sulfonamides is 1. The third-order valence-corrected chi connectivity index (χ3v) is 8.08. The maximum absolute atomic E-state index is 13.7. The molecule has 36 heavy (non-hydrogen) atoms. The number of carbonyl (C=O) groups is 2. The van der Waals surface area contributed by atoms with E-state index in [0.717, 1.165) is 9.87 Å².